The monoisotopic (exact) mass is 376 g/mol. The van der Waals surface area contributed by atoms with Gasteiger partial charge in [0, 0.05) is 19.2 Å². The van der Waals surface area contributed by atoms with Crippen LogP contribution in [0.4, 0.5) is 0 Å². The summed E-state index contributed by atoms with van der Waals surface area (Å²) in [5.74, 6) is 0.304. The van der Waals surface area contributed by atoms with Crippen molar-refractivity contribution in [3.05, 3.63) is 65.7 Å². The molecule has 1 N–H and O–H groups in total. The van der Waals surface area contributed by atoms with Crippen LogP contribution in [0.2, 0.25) is 0 Å². The molecule has 0 aliphatic carbocycles. The number of carbonyl (C=O) groups excluding carboxylic acids is 1. The van der Waals surface area contributed by atoms with Gasteiger partial charge in [-0.25, -0.2) is 8.42 Å². The topological polar surface area (TPSA) is 75.7 Å². The van der Waals surface area contributed by atoms with Crippen molar-refractivity contribution >= 4 is 15.9 Å². The zero-order chi connectivity index (χ0) is 19.2. The number of benzene rings is 2. The first-order valence-corrected chi connectivity index (χ1v) is 10.2. The highest BCUT2D eigenvalue weighted by Crippen LogP contribution is 2.23. The number of carbonyl (C=O) groups is 1. The maximum Gasteiger partial charge on any atom is 0.243 e. The van der Waals surface area contributed by atoms with Crippen molar-refractivity contribution in [3.8, 4) is 5.75 Å². The molecule has 0 heterocycles. The Morgan fingerprint density at radius 3 is 2.35 bits per heavy atom. The van der Waals surface area contributed by atoms with E-state index in [4.69, 9.17) is 4.74 Å². The summed E-state index contributed by atoms with van der Waals surface area (Å²) in [5, 5.41) is 2.82. The summed E-state index contributed by atoms with van der Waals surface area (Å²) in [6, 6.07) is 15.3. The maximum atomic E-state index is 12.8. The molecule has 2 aromatic carbocycles. The molecule has 6 nitrogen and oxygen atoms in total. The molecule has 2 rings (SSSR count). The molecule has 0 aliphatic heterocycles. The summed E-state index contributed by atoms with van der Waals surface area (Å²) in [7, 11) is -2.14. The van der Waals surface area contributed by atoms with Crippen LogP contribution < -0.4 is 10.1 Å². The summed E-state index contributed by atoms with van der Waals surface area (Å²) in [6.45, 7) is 2.66. The fourth-order valence-electron chi connectivity index (χ4n) is 2.58. The van der Waals surface area contributed by atoms with Crippen molar-refractivity contribution in [1.29, 1.82) is 0 Å². The van der Waals surface area contributed by atoms with E-state index in [9.17, 15) is 13.2 Å². The molecule has 0 spiro atoms. The van der Waals surface area contributed by atoms with Crippen LogP contribution in [0.5, 0.6) is 5.75 Å². The normalized spacial score (nSPS) is 12.6. The standard InChI is InChI=1S/C19H24N2O4S/c1-4-25-17-13-9-8-12-16(17)14-20-19(22)18(21(2)26(3,23)24)15-10-6-5-7-11-15/h5-13,18H,4,14H2,1-3H3,(H,20,22)/t18-/m0/s1. The Labute approximate surface area is 154 Å². The van der Waals surface area contributed by atoms with Gasteiger partial charge < -0.3 is 10.1 Å². The van der Waals surface area contributed by atoms with Gasteiger partial charge in [-0.1, -0.05) is 48.5 Å². The third-order valence-corrected chi connectivity index (χ3v) is 5.23. The SMILES string of the molecule is CCOc1ccccc1CNC(=O)[C@H](c1ccccc1)N(C)S(C)(=O)=O. The summed E-state index contributed by atoms with van der Waals surface area (Å²) in [6.07, 6.45) is 1.08. The number of hydrogen-bond donors (Lipinski definition) is 1. The first kappa shape index (κ1) is 19.9. The second kappa shape index (κ2) is 8.82. The molecule has 0 saturated heterocycles. The van der Waals surface area contributed by atoms with Gasteiger partial charge in [0.1, 0.15) is 11.8 Å². The summed E-state index contributed by atoms with van der Waals surface area (Å²) >= 11 is 0. The van der Waals surface area contributed by atoms with Crippen LogP contribution in [0.3, 0.4) is 0 Å². The van der Waals surface area contributed by atoms with E-state index in [0.29, 0.717) is 17.9 Å². The average molecular weight is 376 g/mol. The number of hydrogen-bond acceptors (Lipinski definition) is 4. The van der Waals surface area contributed by atoms with Gasteiger partial charge in [-0.2, -0.15) is 4.31 Å². The van der Waals surface area contributed by atoms with E-state index in [1.165, 1.54) is 7.05 Å². The molecule has 1 amide bonds. The quantitative estimate of drug-likeness (QED) is 0.767. The third kappa shape index (κ3) is 5.06. The number of nitrogens with one attached hydrogen (secondary N) is 1. The summed E-state index contributed by atoms with van der Waals surface area (Å²) in [4.78, 5) is 12.8. The lowest BCUT2D eigenvalue weighted by Crippen LogP contribution is -2.41. The summed E-state index contributed by atoms with van der Waals surface area (Å²) in [5.41, 5.74) is 1.44. The second-order valence-electron chi connectivity index (χ2n) is 5.85. The van der Waals surface area contributed by atoms with Crippen molar-refractivity contribution in [2.24, 2.45) is 0 Å². The van der Waals surface area contributed by atoms with Gasteiger partial charge in [-0.3, -0.25) is 4.79 Å². The van der Waals surface area contributed by atoms with Gasteiger partial charge in [-0.15, -0.1) is 0 Å². The number of amides is 1. The Kier molecular flexibility index (Phi) is 6.76. The predicted octanol–water partition coefficient (Wildman–Crippen LogP) is 2.33. The molecule has 0 unspecified atom stereocenters. The molecule has 0 bridgehead atoms. The maximum absolute atomic E-state index is 12.8. The van der Waals surface area contributed by atoms with E-state index in [1.54, 1.807) is 24.3 Å². The molecular weight excluding hydrogens is 352 g/mol. The van der Waals surface area contributed by atoms with E-state index in [1.807, 2.05) is 37.3 Å². The van der Waals surface area contributed by atoms with Gasteiger partial charge in [0.25, 0.3) is 0 Å². The molecule has 7 heteroatoms. The molecule has 0 aliphatic rings. The minimum absolute atomic E-state index is 0.246. The molecule has 0 radical (unpaired) electrons. The number of likely N-dealkylation sites (N-methyl/N-ethyl adjacent to an activating group) is 1. The lowest BCUT2D eigenvalue weighted by atomic mass is 10.1. The molecule has 0 aromatic heterocycles. The van der Waals surface area contributed by atoms with Crippen molar-refractivity contribution in [2.45, 2.75) is 19.5 Å². The van der Waals surface area contributed by atoms with Gasteiger partial charge >= 0.3 is 0 Å². The van der Waals surface area contributed by atoms with Crippen LogP contribution in [0, 0.1) is 0 Å². The van der Waals surface area contributed by atoms with Crippen molar-refractivity contribution in [1.82, 2.24) is 9.62 Å². The Morgan fingerprint density at radius 2 is 1.73 bits per heavy atom. The predicted molar refractivity (Wildman–Crippen MR) is 101 cm³/mol. The largest absolute Gasteiger partial charge is 0.494 e. The van der Waals surface area contributed by atoms with Crippen LogP contribution in [-0.4, -0.2) is 38.5 Å². The highest BCUT2D eigenvalue weighted by molar-refractivity contribution is 7.88. The first-order chi connectivity index (χ1) is 12.3. The van der Waals surface area contributed by atoms with Crippen LogP contribution in [-0.2, 0) is 21.4 Å². The van der Waals surface area contributed by atoms with Crippen LogP contribution in [0.1, 0.15) is 24.1 Å². The molecule has 140 valence electrons. The second-order valence-corrected chi connectivity index (χ2v) is 7.89. The third-order valence-electron chi connectivity index (χ3n) is 3.98. The van der Waals surface area contributed by atoms with Crippen LogP contribution in [0.15, 0.2) is 54.6 Å². The minimum Gasteiger partial charge on any atom is -0.494 e. The Balaban J connectivity index is 2.23. The zero-order valence-corrected chi connectivity index (χ0v) is 16.0. The highest BCUT2D eigenvalue weighted by atomic mass is 32.2. The van der Waals surface area contributed by atoms with E-state index in [-0.39, 0.29) is 6.54 Å². The number of sulfonamides is 1. The van der Waals surface area contributed by atoms with Crippen molar-refractivity contribution in [3.63, 3.8) is 0 Å². The van der Waals surface area contributed by atoms with Crippen LogP contribution >= 0.6 is 0 Å². The van der Waals surface area contributed by atoms with E-state index in [0.717, 1.165) is 16.1 Å². The average Bonchev–Trinajstić information content (AvgIpc) is 2.61. The zero-order valence-electron chi connectivity index (χ0n) is 15.2. The van der Waals surface area contributed by atoms with E-state index in [2.05, 4.69) is 5.32 Å². The number of nitrogens with zero attached hydrogens (tertiary/aromatic N) is 1. The Hall–Kier alpha value is -2.38. The van der Waals surface area contributed by atoms with E-state index >= 15 is 0 Å². The molecule has 0 saturated carbocycles. The Morgan fingerprint density at radius 1 is 1.12 bits per heavy atom. The highest BCUT2D eigenvalue weighted by Gasteiger charge is 2.30. The molecular formula is C19H24N2O4S. The van der Waals surface area contributed by atoms with Crippen molar-refractivity contribution in [2.75, 3.05) is 19.9 Å². The Bertz CT molecular complexity index is 838. The fraction of sp³-hybridized carbons (Fsp3) is 0.316. The minimum atomic E-state index is -3.55. The van der Waals surface area contributed by atoms with Gasteiger partial charge in [0.05, 0.1) is 12.9 Å². The molecule has 0 fully saturated rings. The van der Waals surface area contributed by atoms with E-state index < -0.39 is 22.0 Å². The molecule has 2 aromatic rings. The fourth-order valence-corrected chi connectivity index (χ4v) is 3.18. The van der Waals surface area contributed by atoms with Gasteiger partial charge in [0.2, 0.25) is 15.9 Å². The smallest absolute Gasteiger partial charge is 0.243 e. The summed E-state index contributed by atoms with van der Waals surface area (Å²) < 4.78 is 30.6. The number of ether oxygens (including phenoxy) is 1. The van der Waals surface area contributed by atoms with Gasteiger partial charge in [-0.05, 0) is 18.6 Å². The first-order valence-electron chi connectivity index (χ1n) is 8.31. The molecule has 1 atom stereocenters. The number of para-hydroxylation sites is 1. The lowest BCUT2D eigenvalue weighted by Gasteiger charge is -2.25. The lowest BCUT2D eigenvalue weighted by molar-refractivity contribution is -0.125. The molecule has 26 heavy (non-hydrogen) atoms. The number of rotatable bonds is 8. The van der Waals surface area contributed by atoms with Gasteiger partial charge in [0.15, 0.2) is 0 Å². The van der Waals surface area contributed by atoms with Crippen LogP contribution in [0.25, 0.3) is 0 Å². The van der Waals surface area contributed by atoms with Crippen molar-refractivity contribution < 1.29 is 17.9 Å².